The number of rotatable bonds is 14. The van der Waals surface area contributed by atoms with Crippen molar-refractivity contribution in [2.75, 3.05) is 0 Å². The molecule has 0 aliphatic carbocycles. The number of carbonyl (C=O) groups excluding carboxylic acids is 2. The maximum atomic E-state index is 12.4. The molecule has 0 saturated heterocycles. The van der Waals surface area contributed by atoms with Crippen LogP contribution in [-0.2, 0) is 19.2 Å². The van der Waals surface area contributed by atoms with Gasteiger partial charge in [0.15, 0.2) is 5.78 Å². The number of carboxylic acid groups (broad SMARTS) is 3. The summed E-state index contributed by atoms with van der Waals surface area (Å²) in [4.78, 5) is 57.5. The summed E-state index contributed by atoms with van der Waals surface area (Å²) in [6.45, 7) is 0. The van der Waals surface area contributed by atoms with E-state index in [0.717, 1.165) is 0 Å². The first-order chi connectivity index (χ1) is 13.6. The number of hydrogen-bond donors (Lipinski definition) is 4. The van der Waals surface area contributed by atoms with E-state index in [1.807, 2.05) is 0 Å². The Bertz CT molecular complexity index is 699. The van der Waals surface area contributed by atoms with E-state index >= 15 is 0 Å². The molecule has 0 aliphatic heterocycles. The average molecular weight is 407 g/mol. The van der Waals surface area contributed by atoms with Gasteiger partial charge in [-0.05, 0) is 19.3 Å². The maximum absolute atomic E-state index is 12.4. The molecule has 0 atom stereocenters. The molecule has 9 heteroatoms. The van der Waals surface area contributed by atoms with Gasteiger partial charge in [-0.2, -0.15) is 0 Å². The summed E-state index contributed by atoms with van der Waals surface area (Å²) in [6, 6.07) is 8.39. The SMILES string of the molecule is O=C(O)CCC(CCC(=O)O)(CCC(=O)O)NC(=O)CCC(=O)c1ccccc1. The second kappa shape index (κ2) is 11.6. The summed E-state index contributed by atoms with van der Waals surface area (Å²) < 4.78 is 0. The highest BCUT2D eigenvalue weighted by Gasteiger charge is 2.33. The van der Waals surface area contributed by atoms with E-state index in [4.69, 9.17) is 15.3 Å². The van der Waals surface area contributed by atoms with Crippen LogP contribution in [0.2, 0.25) is 0 Å². The van der Waals surface area contributed by atoms with Gasteiger partial charge in [-0.15, -0.1) is 0 Å². The summed E-state index contributed by atoms with van der Waals surface area (Å²) in [5.74, 6) is -4.24. The Labute approximate surface area is 167 Å². The first-order valence-corrected chi connectivity index (χ1v) is 9.18. The molecule has 0 fully saturated rings. The van der Waals surface area contributed by atoms with Gasteiger partial charge < -0.3 is 20.6 Å². The van der Waals surface area contributed by atoms with E-state index in [1.165, 1.54) is 0 Å². The van der Waals surface area contributed by atoms with Gasteiger partial charge in [0, 0.05) is 43.2 Å². The van der Waals surface area contributed by atoms with Crippen molar-refractivity contribution < 1.29 is 39.3 Å². The molecule has 1 amide bonds. The van der Waals surface area contributed by atoms with Crippen molar-refractivity contribution >= 4 is 29.6 Å². The molecule has 0 radical (unpaired) electrons. The molecule has 1 aromatic carbocycles. The van der Waals surface area contributed by atoms with Crippen molar-refractivity contribution in [3.63, 3.8) is 0 Å². The maximum Gasteiger partial charge on any atom is 0.303 e. The average Bonchev–Trinajstić information content (AvgIpc) is 2.67. The highest BCUT2D eigenvalue weighted by atomic mass is 16.4. The number of amides is 1. The summed E-state index contributed by atoms with van der Waals surface area (Å²) >= 11 is 0. The molecular weight excluding hydrogens is 382 g/mol. The normalized spacial score (nSPS) is 10.9. The largest absolute Gasteiger partial charge is 0.481 e. The number of Topliss-reactive ketones (excluding diaryl/α,β-unsaturated/α-hetero) is 1. The van der Waals surface area contributed by atoms with Gasteiger partial charge >= 0.3 is 17.9 Å². The third-order valence-electron chi connectivity index (χ3n) is 4.53. The topological polar surface area (TPSA) is 158 Å². The predicted octanol–water partition coefficient (Wildman–Crippen LogP) is 2.10. The van der Waals surface area contributed by atoms with E-state index in [-0.39, 0.29) is 57.1 Å². The number of nitrogens with one attached hydrogen (secondary N) is 1. The van der Waals surface area contributed by atoms with Crippen LogP contribution in [0.15, 0.2) is 30.3 Å². The van der Waals surface area contributed by atoms with E-state index in [1.54, 1.807) is 30.3 Å². The van der Waals surface area contributed by atoms with Crippen molar-refractivity contribution in [3.8, 4) is 0 Å². The third-order valence-corrected chi connectivity index (χ3v) is 4.53. The minimum absolute atomic E-state index is 0.0806. The zero-order chi connectivity index (χ0) is 21.9. The molecule has 0 aliphatic rings. The molecule has 0 aromatic heterocycles. The number of aliphatic carboxylic acids is 3. The number of carbonyl (C=O) groups is 5. The molecule has 0 bridgehead atoms. The van der Waals surface area contributed by atoms with Gasteiger partial charge in [0.05, 0.1) is 0 Å². The monoisotopic (exact) mass is 407 g/mol. The van der Waals surface area contributed by atoms with Crippen molar-refractivity contribution in [1.82, 2.24) is 5.32 Å². The van der Waals surface area contributed by atoms with Crippen molar-refractivity contribution in [2.24, 2.45) is 0 Å². The van der Waals surface area contributed by atoms with E-state index in [2.05, 4.69) is 5.32 Å². The number of benzene rings is 1. The first kappa shape index (κ1) is 23.8. The molecule has 0 unspecified atom stereocenters. The standard InChI is InChI=1S/C20H25NO8/c22-15(14-4-2-1-3-5-14)6-7-16(23)21-20(11-8-17(24)25,12-9-18(26)27)13-10-19(28)29/h1-5H,6-13H2,(H,21,23)(H,24,25)(H,26,27)(H,28,29). The van der Waals surface area contributed by atoms with Gasteiger partial charge in [-0.1, -0.05) is 30.3 Å². The Balaban J connectivity index is 2.85. The molecule has 0 spiro atoms. The van der Waals surface area contributed by atoms with Gasteiger partial charge in [0.2, 0.25) is 5.91 Å². The zero-order valence-corrected chi connectivity index (χ0v) is 15.9. The van der Waals surface area contributed by atoms with Crippen molar-refractivity contribution in [2.45, 2.75) is 56.9 Å². The highest BCUT2D eigenvalue weighted by Crippen LogP contribution is 2.26. The Hall–Kier alpha value is -3.23. The smallest absolute Gasteiger partial charge is 0.303 e. The number of carboxylic acids is 3. The van der Waals surface area contributed by atoms with Crippen LogP contribution < -0.4 is 5.32 Å². The lowest BCUT2D eigenvalue weighted by Gasteiger charge is -2.34. The number of hydrogen-bond acceptors (Lipinski definition) is 5. The predicted molar refractivity (Wildman–Crippen MR) is 101 cm³/mol. The molecule has 1 aromatic rings. The highest BCUT2D eigenvalue weighted by molar-refractivity contribution is 5.98. The summed E-state index contributed by atoms with van der Waals surface area (Å²) in [5.41, 5.74) is -0.837. The van der Waals surface area contributed by atoms with Crippen molar-refractivity contribution in [1.29, 1.82) is 0 Å². The second-order valence-corrected chi connectivity index (χ2v) is 6.80. The molecule has 1 rings (SSSR count). The Morgan fingerprint density at radius 1 is 0.690 bits per heavy atom. The van der Waals surface area contributed by atoms with Crippen molar-refractivity contribution in [3.05, 3.63) is 35.9 Å². The van der Waals surface area contributed by atoms with Crippen LogP contribution in [0.3, 0.4) is 0 Å². The van der Waals surface area contributed by atoms with Crippen LogP contribution >= 0.6 is 0 Å². The van der Waals surface area contributed by atoms with Gasteiger partial charge in [0.1, 0.15) is 0 Å². The summed E-state index contributed by atoms with van der Waals surface area (Å²) in [7, 11) is 0. The van der Waals surface area contributed by atoms with Crippen LogP contribution in [0.4, 0.5) is 0 Å². The Morgan fingerprint density at radius 3 is 1.55 bits per heavy atom. The lowest BCUT2D eigenvalue weighted by atomic mass is 9.83. The van der Waals surface area contributed by atoms with E-state index in [9.17, 15) is 24.0 Å². The van der Waals surface area contributed by atoms with Crippen LogP contribution in [-0.4, -0.2) is 50.5 Å². The summed E-state index contributed by atoms with van der Waals surface area (Å²) in [5, 5.41) is 29.6. The molecule has 9 nitrogen and oxygen atoms in total. The lowest BCUT2D eigenvalue weighted by Crippen LogP contribution is -2.49. The quantitative estimate of drug-likeness (QED) is 0.341. The van der Waals surface area contributed by atoms with E-state index in [0.29, 0.717) is 5.56 Å². The lowest BCUT2D eigenvalue weighted by molar-refractivity contribution is -0.139. The minimum atomic E-state index is -1.29. The van der Waals surface area contributed by atoms with Gasteiger partial charge in [0.25, 0.3) is 0 Å². The number of ketones is 1. The van der Waals surface area contributed by atoms with Gasteiger partial charge in [-0.25, -0.2) is 0 Å². The fraction of sp³-hybridized carbons (Fsp3) is 0.450. The summed E-state index contributed by atoms with van der Waals surface area (Å²) in [6.07, 6.45) is -1.66. The Morgan fingerprint density at radius 2 is 1.14 bits per heavy atom. The fourth-order valence-electron chi connectivity index (χ4n) is 2.95. The molecule has 4 N–H and O–H groups in total. The molecule has 0 heterocycles. The third kappa shape index (κ3) is 9.50. The Kier molecular flexibility index (Phi) is 9.50. The van der Waals surface area contributed by atoms with Crippen LogP contribution in [0.25, 0.3) is 0 Å². The molecular formula is C20H25NO8. The van der Waals surface area contributed by atoms with Crippen LogP contribution in [0.1, 0.15) is 61.7 Å². The van der Waals surface area contributed by atoms with E-state index < -0.39 is 29.4 Å². The second-order valence-electron chi connectivity index (χ2n) is 6.80. The van der Waals surface area contributed by atoms with Crippen LogP contribution in [0, 0.1) is 0 Å². The first-order valence-electron chi connectivity index (χ1n) is 9.18. The zero-order valence-electron chi connectivity index (χ0n) is 15.9. The van der Waals surface area contributed by atoms with Crippen LogP contribution in [0.5, 0.6) is 0 Å². The fourth-order valence-corrected chi connectivity index (χ4v) is 2.95. The molecule has 0 saturated carbocycles. The minimum Gasteiger partial charge on any atom is -0.481 e. The molecule has 158 valence electrons. The molecule has 29 heavy (non-hydrogen) atoms. The van der Waals surface area contributed by atoms with Gasteiger partial charge in [-0.3, -0.25) is 24.0 Å².